The minimum atomic E-state index is -0.0722. The van der Waals surface area contributed by atoms with Crippen LogP contribution < -0.4 is 10.9 Å². The highest BCUT2D eigenvalue weighted by atomic mass is 16.1. The fourth-order valence-electron chi connectivity index (χ4n) is 4.18. The highest BCUT2D eigenvalue weighted by Crippen LogP contribution is 2.29. The molecule has 1 aliphatic heterocycles. The van der Waals surface area contributed by atoms with Gasteiger partial charge in [-0.1, -0.05) is 12.1 Å². The number of hydrogen-bond donors (Lipinski definition) is 2. The van der Waals surface area contributed by atoms with Gasteiger partial charge in [0, 0.05) is 42.3 Å². The minimum absolute atomic E-state index is 0.0722. The van der Waals surface area contributed by atoms with Crippen molar-refractivity contribution in [1.29, 1.82) is 5.41 Å². The Kier molecular flexibility index (Phi) is 5.20. The highest BCUT2D eigenvalue weighted by molar-refractivity contribution is 5.88. The van der Waals surface area contributed by atoms with Gasteiger partial charge >= 0.3 is 0 Å². The first kappa shape index (κ1) is 19.3. The highest BCUT2D eigenvalue weighted by Gasteiger charge is 2.20. The number of rotatable bonds is 4. The van der Waals surface area contributed by atoms with E-state index in [-0.39, 0.29) is 5.56 Å². The van der Waals surface area contributed by atoms with Crippen molar-refractivity contribution in [2.75, 3.05) is 32.5 Å². The largest absolute Gasteiger partial charge is 0.388 e. The van der Waals surface area contributed by atoms with Crippen LogP contribution in [0.1, 0.15) is 35.4 Å². The normalized spacial score (nSPS) is 15.6. The zero-order valence-corrected chi connectivity index (χ0v) is 17.2. The zero-order chi connectivity index (χ0) is 20.5. The number of anilines is 1. The SMILES string of the molecule is CNc1ccc(-c2cc(=O)n3cc(C4CCN(C)CC4)cc(C)c3n2)cc1C=N. The Morgan fingerprint density at radius 3 is 2.66 bits per heavy atom. The van der Waals surface area contributed by atoms with Gasteiger partial charge in [0.2, 0.25) is 0 Å². The van der Waals surface area contributed by atoms with Crippen LogP contribution in [-0.4, -0.2) is 47.7 Å². The quantitative estimate of drug-likeness (QED) is 0.670. The zero-order valence-electron chi connectivity index (χ0n) is 17.2. The van der Waals surface area contributed by atoms with Gasteiger partial charge < -0.3 is 15.6 Å². The molecule has 0 atom stereocenters. The molecule has 1 aromatic carbocycles. The molecule has 150 valence electrons. The maximum absolute atomic E-state index is 12.9. The van der Waals surface area contributed by atoms with E-state index in [0.29, 0.717) is 17.3 Å². The van der Waals surface area contributed by atoms with E-state index >= 15 is 0 Å². The summed E-state index contributed by atoms with van der Waals surface area (Å²) in [5.41, 5.74) is 5.97. The summed E-state index contributed by atoms with van der Waals surface area (Å²) in [4.78, 5) is 20.1. The van der Waals surface area contributed by atoms with Crippen molar-refractivity contribution in [2.45, 2.75) is 25.7 Å². The third-order valence-electron chi connectivity index (χ3n) is 5.93. The van der Waals surface area contributed by atoms with Gasteiger partial charge in [-0.2, -0.15) is 0 Å². The molecule has 0 bridgehead atoms. The van der Waals surface area contributed by atoms with Gasteiger partial charge in [0.25, 0.3) is 5.56 Å². The predicted molar refractivity (Wildman–Crippen MR) is 119 cm³/mol. The van der Waals surface area contributed by atoms with Gasteiger partial charge in [0.1, 0.15) is 5.65 Å². The van der Waals surface area contributed by atoms with Crippen molar-refractivity contribution in [3.05, 3.63) is 63.6 Å². The molecule has 2 aromatic heterocycles. The van der Waals surface area contributed by atoms with Crippen molar-refractivity contribution >= 4 is 17.5 Å². The van der Waals surface area contributed by atoms with Crippen molar-refractivity contribution in [3.8, 4) is 11.3 Å². The lowest BCUT2D eigenvalue weighted by atomic mass is 9.90. The molecule has 1 fully saturated rings. The second-order valence-electron chi connectivity index (χ2n) is 7.90. The number of likely N-dealkylation sites (tertiary alicyclic amines) is 1. The Labute approximate surface area is 170 Å². The van der Waals surface area contributed by atoms with Gasteiger partial charge in [-0.05, 0) is 69.1 Å². The number of fused-ring (bicyclic) bond motifs is 1. The molecule has 29 heavy (non-hydrogen) atoms. The van der Waals surface area contributed by atoms with E-state index in [1.807, 2.05) is 38.4 Å². The van der Waals surface area contributed by atoms with Crippen molar-refractivity contribution in [3.63, 3.8) is 0 Å². The van der Waals surface area contributed by atoms with E-state index in [9.17, 15) is 4.79 Å². The van der Waals surface area contributed by atoms with E-state index in [4.69, 9.17) is 10.4 Å². The van der Waals surface area contributed by atoms with Crippen LogP contribution in [0.25, 0.3) is 16.9 Å². The van der Waals surface area contributed by atoms with Crippen LogP contribution in [0.2, 0.25) is 0 Å². The van der Waals surface area contributed by atoms with Crippen LogP contribution in [0, 0.1) is 12.3 Å². The molecule has 4 rings (SSSR count). The Hall–Kier alpha value is -2.99. The first-order valence-corrected chi connectivity index (χ1v) is 10.1. The Balaban J connectivity index is 1.78. The number of nitrogens with zero attached hydrogens (tertiary/aromatic N) is 3. The summed E-state index contributed by atoms with van der Waals surface area (Å²) >= 11 is 0. The molecule has 1 aliphatic rings. The molecular formula is C23H27N5O. The first-order chi connectivity index (χ1) is 14.0. The summed E-state index contributed by atoms with van der Waals surface area (Å²) in [6.45, 7) is 4.20. The van der Waals surface area contributed by atoms with Gasteiger partial charge in [0.15, 0.2) is 0 Å². The second kappa shape index (κ2) is 7.79. The monoisotopic (exact) mass is 389 g/mol. The van der Waals surface area contributed by atoms with E-state index < -0.39 is 0 Å². The average Bonchev–Trinajstić information content (AvgIpc) is 2.74. The molecule has 0 aliphatic carbocycles. The topological polar surface area (TPSA) is 73.5 Å². The number of piperidine rings is 1. The second-order valence-corrected chi connectivity index (χ2v) is 7.90. The van der Waals surface area contributed by atoms with E-state index in [1.54, 1.807) is 10.5 Å². The number of pyridine rings is 1. The molecule has 3 heterocycles. The molecule has 0 unspecified atom stereocenters. The lowest BCUT2D eigenvalue weighted by Crippen LogP contribution is -2.29. The van der Waals surface area contributed by atoms with Gasteiger partial charge in [-0.25, -0.2) is 4.98 Å². The predicted octanol–water partition coefficient (Wildman–Crippen LogP) is 3.52. The average molecular weight is 390 g/mol. The molecule has 0 radical (unpaired) electrons. The van der Waals surface area contributed by atoms with E-state index in [2.05, 4.69) is 23.3 Å². The Bertz CT molecular complexity index is 1130. The minimum Gasteiger partial charge on any atom is -0.388 e. The van der Waals surface area contributed by atoms with Crippen molar-refractivity contribution in [1.82, 2.24) is 14.3 Å². The summed E-state index contributed by atoms with van der Waals surface area (Å²) < 4.78 is 1.69. The molecule has 0 saturated carbocycles. The van der Waals surface area contributed by atoms with Crippen LogP contribution in [0.15, 0.2) is 41.3 Å². The molecule has 1 saturated heterocycles. The first-order valence-electron chi connectivity index (χ1n) is 10.1. The Morgan fingerprint density at radius 1 is 1.21 bits per heavy atom. The fourth-order valence-corrected chi connectivity index (χ4v) is 4.18. The number of nitrogens with one attached hydrogen (secondary N) is 2. The van der Waals surface area contributed by atoms with Crippen LogP contribution in [0.4, 0.5) is 5.69 Å². The smallest absolute Gasteiger partial charge is 0.258 e. The van der Waals surface area contributed by atoms with Crippen molar-refractivity contribution < 1.29 is 0 Å². The summed E-state index contributed by atoms with van der Waals surface area (Å²) in [5.74, 6) is 0.491. The third kappa shape index (κ3) is 3.68. The van der Waals surface area contributed by atoms with Crippen LogP contribution in [-0.2, 0) is 0 Å². The molecule has 2 N–H and O–H groups in total. The van der Waals surface area contributed by atoms with Gasteiger partial charge in [-0.15, -0.1) is 0 Å². The molecule has 6 nitrogen and oxygen atoms in total. The molecule has 3 aromatic rings. The van der Waals surface area contributed by atoms with E-state index in [1.165, 1.54) is 11.8 Å². The molecular weight excluding hydrogens is 362 g/mol. The molecule has 6 heteroatoms. The molecule has 0 amide bonds. The van der Waals surface area contributed by atoms with Crippen LogP contribution in [0.3, 0.4) is 0 Å². The number of hydrogen-bond acceptors (Lipinski definition) is 5. The number of aryl methyl sites for hydroxylation is 1. The van der Waals surface area contributed by atoms with Gasteiger partial charge in [0.05, 0.1) is 5.69 Å². The lowest BCUT2D eigenvalue weighted by molar-refractivity contribution is 0.255. The lowest BCUT2D eigenvalue weighted by Gasteiger charge is -2.29. The van der Waals surface area contributed by atoms with E-state index in [0.717, 1.165) is 48.3 Å². The number of benzene rings is 1. The number of aromatic nitrogens is 2. The fraction of sp³-hybridized carbons (Fsp3) is 0.348. The summed E-state index contributed by atoms with van der Waals surface area (Å²) in [6, 6.07) is 9.51. The summed E-state index contributed by atoms with van der Waals surface area (Å²) in [6.07, 6.45) is 5.52. The van der Waals surface area contributed by atoms with Crippen molar-refractivity contribution in [2.24, 2.45) is 0 Å². The molecule has 0 spiro atoms. The maximum Gasteiger partial charge on any atom is 0.258 e. The summed E-state index contributed by atoms with van der Waals surface area (Å²) in [7, 11) is 3.98. The standard InChI is InChI=1S/C23H27N5O/c1-15-10-19(16-6-8-27(3)9-7-16)14-28-22(29)12-21(26-23(15)28)17-4-5-20(25-2)18(11-17)13-24/h4-5,10-14,16,24-25H,6-9H2,1-3H3. The Morgan fingerprint density at radius 2 is 1.97 bits per heavy atom. The van der Waals surface area contributed by atoms with Gasteiger partial charge in [-0.3, -0.25) is 9.20 Å². The summed E-state index contributed by atoms with van der Waals surface area (Å²) in [5, 5.41) is 10.7. The maximum atomic E-state index is 12.9. The van der Waals surface area contributed by atoms with Crippen LogP contribution >= 0.6 is 0 Å². The van der Waals surface area contributed by atoms with Crippen LogP contribution in [0.5, 0.6) is 0 Å². The third-order valence-corrected chi connectivity index (χ3v) is 5.93.